The molecule has 0 spiro atoms. The Kier molecular flexibility index (Phi) is 4.86. The summed E-state index contributed by atoms with van der Waals surface area (Å²) >= 11 is 0. The van der Waals surface area contributed by atoms with Gasteiger partial charge < -0.3 is 4.74 Å². The molecule has 0 aliphatic carbocycles. The fraction of sp³-hybridized carbons (Fsp3) is 0. The Balaban J connectivity index is 2.40. The van der Waals surface area contributed by atoms with E-state index in [1.165, 1.54) is 24.3 Å². The molecule has 0 aliphatic rings. The Bertz CT molecular complexity index is 826. The Hall–Kier alpha value is -3.62. The highest BCUT2D eigenvalue weighted by Gasteiger charge is 2.10. The van der Waals surface area contributed by atoms with Crippen molar-refractivity contribution in [3.8, 4) is 11.5 Å². The van der Waals surface area contributed by atoms with E-state index in [1.54, 1.807) is 36.4 Å². The number of rotatable bonds is 5. The van der Waals surface area contributed by atoms with Crippen LogP contribution in [0.2, 0.25) is 0 Å². The first-order valence-corrected chi connectivity index (χ1v) is 5.93. The molecule has 2 aromatic rings. The second-order valence-electron chi connectivity index (χ2n) is 3.83. The Morgan fingerprint density at radius 3 is 2.09 bits per heavy atom. The third kappa shape index (κ3) is 3.48. The van der Waals surface area contributed by atoms with E-state index in [0.717, 1.165) is 0 Å². The van der Waals surface area contributed by atoms with Gasteiger partial charge in [-0.25, -0.2) is 14.4 Å². The van der Waals surface area contributed by atoms with Crippen LogP contribution in [0.1, 0.15) is 0 Å². The lowest BCUT2D eigenvalue weighted by atomic mass is 10.2. The molecule has 0 aromatic heterocycles. The maximum atomic E-state index is 10.5. The highest BCUT2D eigenvalue weighted by Crippen LogP contribution is 2.39. The van der Waals surface area contributed by atoms with Crippen molar-refractivity contribution in [2.24, 2.45) is 15.0 Å². The first kappa shape index (κ1) is 14.8. The molecule has 0 saturated heterocycles. The molecule has 0 aliphatic heterocycles. The minimum Gasteiger partial charge on any atom is -0.455 e. The molecule has 0 atom stereocenters. The third-order valence-corrected chi connectivity index (χ3v) is 2.54. The molecule has 2 aromatic carbocycles. The third-order valence-electron chi connectivity index (χ3n) is 2.54. The smallest absolute Gasteiger partial charge is 0.240 e. The summed E-state index contributed by atoms with van der Waals surface area (Å²) in [6, 6.07) is 10.9. The lowest BCUT2D eigenvalue weighted by molar-refractivity contribution is 0.484. The van der Waals surface area contributed by atoms with Crippen LogP contribution in [0.3, 0.4) is 0 Å². The Morgan fingerprint density at radius 1 is 0.773 bits per heavy atom. The molecule has 7 heteroatoms. The SMILES string of the molecule is O=C=Nc1ccc(Oc2cccc(N=C=O)c2N=C=O)cc1. The van der Waals surface area contributed by atoms with E-state index in [9.17, 15) is 14.4 Å². The first-order valence-electron chi connectivity index (χ1n) is 5.93. The predicted octanol–water partition coefficient (Wildman–Crippen LogP) is 3.38. The average molecular weight is 293 g/mol. The van der Waals surface area contributed by atoms with Gasteiger partial charge in [0.25, 0.3) is 0 Å². The summed E-state index contributed by atoms with van der Waals surface area (Å²) in [5.74, 6) is 0.630. The number of hydrogen-bond acceptors (Lipinski definition) is 7. The van der Waals surface area contributed by atoms with Crippen LogP contribution in [0, 0.1) is 0 Å². The van der Waals surface area contributed by atoms with E-state index in [2.05, 4.69) is 15.0 Å². The van der Waals surface area contributed by atoms with Crippen LogP contribution < -0.4 is 4.74 Å². The van der Waals surface area contributed by atoms with E-state index >= 15 is 0 Å². The number of benzene rings is 2. The van der Waals surface area contributed by atoms with Crippen molar-refractivity contribution in [1.82, 2.24) is 0 Å². The van der Waals surface area contributed by atoms with Gasteiger partial charge in [0.05, 0.1) is 5.69 Å². The summed E-state index contributed by atoms with van der Waals surface area (Å²) in [4.78, 5) is 41.4. The number of carbonyl (C=O) groups excluding carboxylic acids is 3. The molecule has 106 valence electrons. The zero-order valence-electron chi connectivity index (χ0n) is 11.0. The van der Waals surface area contributed by atoms with Crippen molar-refractivity contribution in [2.75, 3.05) is 0 Å². The zero-order chi connectivity index (χ0) is 15.8. The molecular formula is C15H7N3O4. The standard InChI is InChI=1S/C15H7N3O4/c19-8-16-11-4-6-12(7-5-11)22-14-3-1-2-13(17-9-20)15(14)18-10-21/h1-7H. The minimum absolute atomic E-state index is 0.0656. The molecule has 22 heavy (non-hydrogen) atoms. The van der Waals surface area contributed by atoms with Gasteiger partial charge in [-0.15, -0.1) is 0 Å². The van der Waals surface area contributed by atoms with Gasteiger partial charge >= 0.3 is 0 Å². The summed E-state index contributed by atoms with van der Waals surface area (Å²) < 4.78 is 5.58. The van der Waals surface area contributed by atoms with Crippen LogP contribution in [-0.4, -0.2) is 18.2 Å². The van der Waals surface area contributed by atoms with Crippen molar-refractivity contribution in [2.45, 2.75) is 0 Å². The fourth-order valence-corrected chi connectivity index (χ4v) is 1.66. The molecule has 0 radical (unpaired) electrons. The zero-order valence-corrected chi connectivity index (χ0v) is 11.0. The highest BCUT2D eigenvalue weighted by atomic mass is 16.5. The van der Waals surface area contributed by atoms with Crippen molar-refractivity contribution in [1.29, 1.82) is 0 Å². The quantitative estimate of drug-likeness (QED) is 0.623. The van der Waals surface area contributed by atoms with Crippen LogP contribution in [-0.2, 0) is 14.4 Å². The van der Waals surface area contributed by atoms with Gasteiger partial charge in [0, 0.05) is 0 Å². The summed E-state index contributed by atoms with van der Waals surface area (Å²) in [6.45, 7) is 0. The summed E-state index contributed by atoms with van der Waals surface area (Å²) in [6.07, 6.45) is 4.19. The molecule has 0 unspecified atom stereocenters. The molecule has 0 heterocycles. The number of aliphatic imine (C=N–C) groups is 3. The van der Waals surface area contributed by atoms with Crippen molar-refractivity contribution < 1.29 is 19.1 Å². The first-order chi connectivity index (χ1) is 10.8. The van der Waals surface area contributed by atoms with Crippen LogP contribution in [0.25, 0.3) is 0 Å². The van der Waals surface area contributed by atoms with Gasteiger partial charge in [0.15, 0.2) is 5.75 Å². The van der Waals surface area contributed by atoms with E-state index in [0.29, 0.717) is 11.4 Å². The van der Waals surface area contributed by atoms with E-state index < -0.39 is 0 Å². The van der Waals surface area contributed by atoms with Crippen LogP contribution >= 0.6 is 0 Å². The molecular weight excluding hydrogens is 286 g/mol. The number of para-hydroxylation sites is 1. The Labute approximate surface area is 124 Å². The predicted molar refractivity (Wildman–Crippen MR) is 76.3 cm³/mol. The summed E-state index contributed by atoms with van der Waals surface area (Å²) in [5, 5.41) is 0. The minimum atomic E-state index is 0.0656. The summed E-state index contributed by atoms with van der Waals surface area (Å²) in [7, 11) is 0. The number of isocyanates is 3. The second kappa shape index (κ2) is 7.24. The number of nitrogens with zero attached hydrogens (tertiary/aromatic N) is 3. The normalized spacial score (nSPS) is 8.91. The van der Waals surface area contributed by atoms with Gasteiger partial charge in [0.1, 0.15) is 17.1 Å². The average Bonchev–Trinajstić information content (AvgIpc) is 2.53. The maximum absolute atomic E-state index is 10.5. The van der Waals surface area contributed by atoms with E-state index in [1.807, 2.05) is 0 Å². The maximum Gasteiger partial charge on any atom is 0.240 e. The van der Waals surface area contributed by atoms with E-state index in [-0.39, 0.29) is 17.1 Å². The van der Waals surface area contributed by atoms with Gasteiger partial charge in [-0.3, -0.25) is 0 Å². The molecule has 0 amide bonds. The molecule has 0 N–H and O–H groups in total. The van der Waals surface area contributed by atoms with Gasteiger partial charge in [0.2, 0.25) is 18.2 Å². The molecule has 0 fully saturated rings. The van der Waals surface area contributed by atoms with Crippen LogP contribution in [0.4, 0.5) is 17.1 Å². The summed E-state index contributed by atoms with van der Waals surface area (Å²) in [5.41, 5.74) is 0.627. The number of hydrogen-bond donors (Lipinski definition) is 0. The fourth-order valence-electron chi connectivity index (χ4n) is 1.66. The monoisotopic (exact) mass is 293 g/mol. The van der Waals surface area contributed by atoms with Crippen LogP contribution in [0.5, 0.6) is 11.5 Å². The van der Waals surface area contributed by atoms with E-state index in [4.69, 9.17) is 4.74 Å². The lowest BCUT2D eigenvalue weighted by Crippen LogP contribution is -1.85. The van der Waals surface area contributed by atoms with Crippen LogP contribution in [0.15, 0.2) is 57.4 Å². The van der Waals surface area contributed by atoms with Crippen molar-refractivity contribution in [3.05, 3.63) is 42.5 Å². The van der Waals surface area contributed by atoms with Crippen molar-refractivity contribution in [3.63, 3.8) is 0 Å². The van der Waals surface area contributed by atoms with Gasteiger partial charge in [-0.1, -0.05) is 6.07 Å². The molecule has 7 nitrogen and oxygen atoms in total. The topological polar surface area (TPSA) is 97.5 Å². The lowest BCUT2D eigenvalue weighted by Gasteiger charge is -2.08. The Morgan fingerprint density at radius 2 is 1.45 bits per heavy atom. The second-order valence-corrected chi connectivity index (χ2v) is 3.83. The van der Waals surface area contributed by atoms with Gasteiger partial charge in [-0.2, -0.15) is 15.0 Å². The number of ether oxygens (including phenoxy) is 1. The van der Waals surface area contributed by atoms with Gasteiger partial charge in [-0.05, 0) is 36.4 Å². The molecule has 0 bridgehead atoms. The largest absolute Gasteiger partial charge is 0.455 e. The molecule has 0 saturated carbocycles. The molecule has 2 rings (SSSR count). The highest BCUT2D eigenvalue weighted by molar-refractivity contribution is 5.74. The van der Waals surface area contributed by atoms with Crippen molar-refractivity contribution >= 4 is 35.3 Å².